The van der Waals surface area contributed by atoms with Gasteiger partial charge in [-0.25, -0.2) is 14.5 Å². The Labute approximate surface area is 209 Å². The van der Waals surface area contributed by atoms with Crippen LogP contribution in [-0.2, 0) is 17.7 Å². The number of urea groups is 1. The van der Waals surface area contributed by atoms with Gasteiger partial charge in [-0.2, -0.15) is 0 Å². The third kappa shape index (κ3) is 5.13. The summed E-state index contributed by atoms with van der Waals surface area (Å²) in [5.41, 5.74) is 2.25. The monoisotopic (exact) mass is 488 g/mol. The van der Waals surface area contributed by atoms with E-state index in [2.05, 4.69) is 19.9 Å². The van der Waals surface area contributed by atoms with Crippen molar-refractivity contribution < 1.29 is 28.7 Å². The second-order valence-corrected chi connectivity index (χ2v) is 10.3. The first-order valence-electron chi connectivity index (χ1n) is 12.6. The van der Waals surface area contributed by atoms with E-state index in [9.17, 15) is 9.59 Å². The number of carbonyl (C=O) groups excluding carboxylic acids is 2. The second-order valence-electron chi connectivity index (χ2n) is 10.3. The molecule has 0 radical (unpaired) electrons. The van der Waals surface area contributed by atoms with E-state index in [1.54, 1.807) is 19.1 Å². The lowest BCUT2D eigenvalue weighted by atomic mass is 9.83. The molecule has 2 heterocycles. The first-order chi connectivity index (χ1) is 16.5. The third-order valence-electron chi connectivity index (χ3n) is 7.17. The highest BCUT2D eigenvalue weighted by atomic mass is 16.6. The van der Waals surface area contributed by atoms with Gasteiger partial charge < -0.3 is 19.1 Å². The number of quaternary nitrogens is 1. The summed E-state index contributed by atoms with van der Waals surface area (Å²) < 4.78 is 16.7. The molecule has 194 valence electrons. The first kappa shape index (κ1) is 26.9. The molecule has 1 aromatic carbocycles. The van der Waals surface area contributed by atoms with Crippen LogP contribution in [0.4, 0.5) is 9.59 Å². The van der Waals surface area contributed by atoms with E-state index in [0.29, 0.717) is 44.8 Å². The van der Waals surface area contributed by atoms with E-state index in [0.717, 1.165) is 33.9 Å². The van der Waals surface area contributed by atoms with Gasteiger partial charge >= 0.3 is 12.1 Å². The minimum absolute atomic E-state index is 0.0788. The van der Waals surface area contributed by atoms with Crippen molar-refractivity contribution in [3.63, 3.8) is 0 Å². The number of benzene rings is 1. The molecule has 0 aliphatic carbocycles. The van der Waals surface area contributed by atoms with Gasteiger partial charge in [-0.15, -0.1) is 0 Å². The van der Waals surface area contributed by atoms with Crippen LogP contribution >= 0.6 is 0 Å². The fourth-order valence-corrected chi connectivity index (χ4v) is 5.61. The van der Waals surface area contributed by atoms with E-state index in [4.69, 9.17) is 14.2 Å². The molecule has 3 rings (SSSR count). The van der Waals surface area contributed by atoms with E-state index in [1.807, 2.05) is 44.7 Å². The molecule has 2 aliphatic heterocycles. The highest BCUT2D eigenvalue weighted by Crippen LogP contribution is 2.37. The van der Waals surface area contributed by atoms with Gasteiger partial charge in [0.1, 0.15) is 17.1 Å². The van der Waals surface area contributed by atoms with Crippen LogP contribution in [-0.4, -0.2) is 66.9 Å². The molecule has 8 heteroatoms. The molecular formula is C27H42N3O5+. The summed E-state index contributed by atoms with van der Waals surface area (Å²) in [6.07, 6.45) is 3.99. The predicted molar refractivity (Wildman–Crippen MR) is 135 cm³/mol. The van der Waals surface area contributed by atoms with Gasteiger partial charge in [0.25, 0.3) is 0 Å². The number of likely N-dealkylation sites (tertiary alicyclic amines) is 1. The number of rotatable bonds is 6. The van der Waals surface area contributed by atoms with Crippen LogP contribution in [0.5, 0.6) is 11.5 Å². The number of amides is 3. The molecular weight excluding hydrogens is 446 g/mol. The summed E-state index contributed by atoms with van der Waals surface area (Å²) in [6, 6.07) is 3.97. The normalized spacial score (nSPS) is 21.1. The van der Waals surface area contributed by atoms with Gasteiger partial charge in [0.15, 0.2) is 5.54 Å². The zero-order valence-corrected chi connectivity index (χ0v) is 22.6. The third-order valence-corrected chi connectivity index (χ3v) is 7.17. The van der Waals surface area contributed by atoms with Crippen molar-refractivity contribution in [2.45, 2.75) is 78.5 Å². The number of hydrogen-bond donors (Lipinski definition) is 1. The van der Waals surface area contributed by atoms with Crippen molar-refractivity contribution in [3.05, 3.63) is 35.0 Å². The lowest BCUT2D eigenvalue weighted by molar-refractivity contribution is -0.860. The van der Waals surface area contributed by atoms with Gasteiger partial charge in [0, 0.05) is 32.0 Å². The Morgan fingerprint density at radius 3 is 2.29 bits per heavy atom. The lowest BCUT2D eigenvalue weighted by Gasteiger charge is -2.40. The number of allylic oxidation sites excluding steroid dienone is 1. The minimum atomic E-state index is -0.531. The summed E-state index contributed by atoms with van der Waals surface area (Å²) in [6.45, 7) is 14.0. The van der Waals surface area contributed by atoms with Gasteiger partial charge in [-0.05, 0) is 58.2 Å². The van der Waals surface area contributed by atoms with Gasteiger partial charge in [-0.1, -0.05) is 13.0 Å². The van der Waals surface area contributed by atoms with Crippen molar-refractivity contribution in [2.24, 2.45) is 0 Å². The number of methoxy groups -OCH3 is 2. The molecule has 0 saturated carbocycles. The van der Waals surface area contributed by atoms with E-state index >= 15 is 0 Å². The molecule has 2 fully saturated rings. The quantitative estimate of drug-likeness (QED) is 0.660. The first-order valence-corrected chi connectivity index (χ1v) is 12.6. The van der Waals surface area contributed by atoms with Gasteiger partial charge in [0.05, 0.1) is 33.0 Å². The Kier molecular flexibility index (Phi) is 8.04. The molecule has 0 bridgehead atoms. The molecule has 1 unspecified atom stereocenters. The Morgan fingerprint density at radius 1 is 1.14 bits per heavy atom. The fourth-order valence-electron chi connectivity index (χ4n) is 5.61. The molecule has 3 amide bonds. The predicted octanol–water partition coefficient (Wildman–Crippen LogP) is 3.78. The fraction of sp³-hybridized carbons (Fsp3) is 0.630. The van der Waals surface area contributed by atoms with Crippen molar-refractivity contribution in [3.8, 4) is 11.5 Å². The summed E-state index contributed by atoms with van der Waals surface area (Å²) in [7, 11) is 3.30. The maximum absolute atomic E-state index is 13.8. The number of nitrogens with one attached hydrogen (secondary N) is 1. The molecule has 0 aromatic heterocycles. The average molecular weight is 489 g/mol. The summed E-state index contributed by atoms with van der Waals surface area (Å²) in [4.78, 5) is 31.1. The minimum Gasteiger partial charge on any atom is -0.497 e. The van der Waals surface area contributed by atoms with Gasteiger partial charge in [0.2, 0.25) is 0 Å². The Morgan fingerprint density at radius 2 is 1.80 bits per heavy atom. The van der Waals surface area contributed by atoms with Crippen LogP contribution in [0.3, 0.4) is 0 Å². The number of hydrogen-bond acceptors (Lipinski definition) is 5. The van der Waals surface area contributed by atoms with Crippen LogP contribution in [0, 0.1) is 0 Å². The maximum atomic E-state index is 13.8. The maximum Gasteiger partial charge on any atom is 0.422 e. The van der Waals surface area contributed by atoms with Crippen LogP contribution in [0.25, 0.3) is 0 Å². The summed E-state index contributed by atoms with van der Waals surface area (Å²) in [5, 5.41) is 0. The van der Waals surface area contributed by atoms with E-state index < -0.39 is 5.60 Å². The Hall–Kier alpha value is -2.74. The standard InChI is InChI=1S/C27H41N3O5/c1-9-21-19(16-20(33-7)17-22(21)34-8)18-29-23(10-2)27(30(11-3)24(29)31)12-14-28(15-13-27)25(32)35-26(4,5)6/h10,16-17H,9,11-15,18H2,1-8H3/p+1/b23-10-. The average Bonchev–Trinajstić information content (AvgIpc) is 3.03. The van der Waals surface area contributed by atoms with Crippen LogP contribution < -0.4 is 14.4 Å². The molecule has 8 nitrogen and oxygen atoms in total. The molecule has 2 saturated heterocycles. The van der Waals surface area contributed by atoms with Crippen LogP contribution in [0.15, 0.2) is 23.9 Å². The highest BCUT2D eigenvalue weighted by Gasteiger charge is 2.59. The highest BCUT2D eigenvalue weighted by molar-refractivity contribution is 5.73. The van der Waals surface area contributed by atoms with Crippen molar-refractivity contribution in [1.29, 1.82) is 0 Å². The SMILES string of the molecule is C/C=C1\N(Cc2cc(OC)cc(OC)c2CC)C(=O)[NH+](CC)C12CCN(C(=O)OC(C)(C)C)CC2. The largest absolute Gasteiger partial charge is 0.497 e. The zero-order valence-electron chi connectivity index (χ0n) is 22.6. The zero-order chi connectivity index (χ0) is 26.0. The molecule has 1 N–H and O–H groups in total. The smallest absolute Gasteiger partial charge is 0.422 e. The van der Waals surface area contributed by atoms with Crippen molar-refractivity contribution >= 4 is 12.1 Å². The second kappa shape index (κ2) is 10.5. The number of carbonyl (C=O) groups is 2. The van der Waals surface area contributed by atoms with Gasteiger partial charge in [-0.3, -0.25) is 4.90 Å². The molecule has 1 spiro atoms. The molecule has 2 aliphatic rings. The van der Waals surface area contributed by atoms with Crippen molar-refractivity contribution in [1.82, 2.24) is 9.80 Å². The molecule has 1 aromatic rings. The number of nitrogens with zero attached hydrogens (tertiary/aromatic N) is 2. The number of ether oxygens (including phenoxy) is 3. The van der Waals surface area contributed by atoms with Crippen LogP contribution in [0.1, 0.15) is 65.5 Å². The van der Waals surface area contributed by atoms with E-state index in [1.165, 1.54) is 0 Å². The molecule has 1 atom stereocenters. The van der Waals surface area contributed by atoms with E-state index in [-0.39, 0.29) is 17.7 Å². The Balaban J connectivity index is 1.91. The van der Waals surface area contributed by atoms with Crippen molar-refractivity contribution in [2.75, 3.05) is 33.9 Å². The van der Waals surface area contributed by atoms with Crippen LogP contribution in [0.2, 0.25) is 0 Å². The molecule has 35 heavy (non-hydrogen) atoms. The summed E-state index contributed by atoms with van der Waals surface area (Å²) in [5.74, 6) is 1.48. The summed E-state index contributed by atoms with van der Waals surface area (Å²) >= 11 is 0. The lowest BCUT2D eigenvalue weighted by Crippen LogP contribution is -3.20. The number of piperidine rings is 1. The number of likely N-dealkylation sites (N-methyl/N-ethyl adjacent to an activating group) is 1. The topological polar surface area (TPSA) is 72.8 Å². The Bertz CT molecular complexity index is 974.